The maximum atomic E-state index is 5.25. The number of anilines is 4. The number of hydrogen-bond donors (Lipinski definition) is 7. The zero-order valence-corrected chi connectivity index (χ0v) is 64.9. The molecule has 25 heteroatoms. The highest BCUT2D eigenvalue weighted by molar-refractivity contribution is 6.16. The summed E-state index contributed by atoms with van der Waals surface area (Å²) in [7, 11) is 0. The van der Waals surface area contributed by atoms with Gasteiger partial charge in [-0.1, -0.05) is 66.7 Å². The van der Waals surface area contributed by atoms with E-state index in [0.29, 0.717) is 12.5 Å². The summed E-state index contributed by atoms with van der Waals surface area (Å²) in [5.74, 6) is 0.716. The number of aryl methyl sites for hydroxylation is 5. The summed E-state index contributed by atoms with van der Waals surface area (Å²) in [6.07, 6.45) is 47.9. The first-order valence-electron chi connectivity index (χ1n) is 39.7. The van der Waals surface area contributed by atoms with E-state index in [4.69, 9.17) is 4.74 Å². The number of rotatable bonds is 0. The first-order valence-corrected chi connectivity index (χ1v) is 39.7. The van der Waals surface area contributed by atoms with Gasteiger partial charge in [0.15, 0.2) is 11.3 Å². The van der Waals surface area contributed by atoms with Gasteiger partial charge < -0.3 is 46.5 Å². The Balaban J connectivity index is 0.000000109. The molecule has 1 atom stereocenters. The largest absolute Gasteiger partial charge is 0.474 e. The number of aromatic nitrogens is 14. The third-order valence-electron chi connectivity index (χ3n) is 19.6. The monoisotopic (exact) mass is 1530 g/mol. The van der Waals surface area contributed by atoms with Crippen molar-refractivity contribution < 1.29 is 4.74 Å². The Bertz CT molecular complexity index is 4490. The van der Waals surface area contributed by atoms with Crippen LogP contribution in [0.4, 0.5) is 22.7 Å². The fourth-order valence-corrected chi connectivity index (χ4v) is 13.6. The van der Waals surface area contributed by atoms with E-state index in [2.05, 4.69) is 191 Å². The molecule has 586 valence electrons. The minimum absolute atomic E-state index is 0.106. The second-order valence-electron chi connectivity index (χ2n) is 27.5. The summed E-state index contributed by atoms with van der Waals surface area (Å²) in [6, 6.07) is 54.9. The van der Waals surface area contributed by atoms with Gasteiger partial charge in [-0.2, -0.15) is 5.10 Å². The van der Waals surface area contributed by atoms with Gasteiger partial charge in [0.25, 0.3) is 0 Å². The van der Waals surface area contributed by atoms with E-state index in [1.807, 2.05) is 170 Å². The fraction of sp³-hybridized carbons (Fsp3) is 0.267. The number of hydrogen-bond acceptors (Lipinski definition) is 22. The van der Waals surface area contributed by atoms with Crippen molar-refractivity contribution in [1.82, 2.24) is 84.6 Å². The molecule has 0 fully saturated rings. The second kappa shape index (κ2) is 44.8. The van der Waals surface area contributed by atoms with Crippen LogP contribution in [0.25, 0.3) is 22.2 Å². The Labute approximate surface area is 671 Å². The summed E-state index contributed by atoms with van der Waals surface area (Å²) < 4.78 is 11.2. The van der Waals surface area contributed by atoms with E-state index in [-0.39, 0.29) is 6.04 Å². The van der Waals surface area contributed by atoms with Crippen molar-refractivity contribution in [2.45, 2.75) is 103 Å². The quantitative estimate of drug-likeness (QED) is 0.0742. The van der Waals surface area contributed by atoms with Crippen LogP contribution in [-0.4, -0.2) is 145 Å². The van der Waals surface area contributed by atoms with Crippen LogP contribution in [0.1, 0.15) is 81.7 Å². The van der Waals surface area contributed by atoms with Crippen LogP contribution in [-0.2, 0) is 71.1 Å². The zero-order chi connectivity index (χ0) is 78.2. The molecule has 1 unspecified atom stereocenters. The Morgan fingerprint density at radius 2 is 1.08 bits per heavy atom. The Hall–Kier alpha value is -13.1. The number of fused-ring (bicyclic) bond motifs is 12. The van der Waals surface area contributed by atoms with Crippen molar-refractivity contribution in [2.24, 2.45) is 15.0 Å². The number of pyridine rings is 9. The van der Waals surface area contributed by atoms with Crippen LogP contribution in [0.5, 0.6) is 5.88 Å². The standard InChI is InChI=1S/C9H7N.C9H11N.5C8H10N2.C7H8N2O.C7H9N.3C6H5N3/c1-2-6-9-8(4-1)5-3-7-10-9;1-2-4-9-7-10-6-5-8(9)3-1;1-3-9-5-8-6-10-4-2-7(1)8;1-3-7-8(9-5-1)4-2-6-10-7;2*1-2-7-6-9-5-3-8(7)10-4-1;1-2-7-3-5-9-6-8(7)10-4-1;1-2-6-7(9-3-1)10-5-4-8-6;1-3-7-4-2-6-8(7)5-1;1-2-7-3-6-5(1)8-4-9-6;1-2-4-9-5-7-8-6(9)3-1;1-2-4-9-6(3-1)7-5-8-9/h1-7H;1-4,10H,5-7H2;2*1,3,5,10H,2,4,6H2;3,5-6,10H,1-2,4H2;1-2,4,9H,3,5-6H2;3,5-6,10H,1-2,4H2;1-3,8H,4-5H2;1,3,5H,2,4,6H2;1-4,6H;2*1-5H. The molecule has 0 aliphatic carbocycles. The third-order valence-corrected chi connectivity index (χ3v) is 19.6. The smallest absolute Gasteiger partial charge is 0.237 e. The number of nitrogens with zero attached hydrogens (tertiary/aromatic N) is 17. The average Bonchev–Trinajstić information content (AvgIpc) is 1.92. The van der Waals surface area contributed by atoms with Crippen LogP contribution in [0.15, 0.2) is 284 Å². The van der Waals surface area contributed by atoms with Gasteiger partial charge in [-0.05, 0) is 219 Å². The van der Waals surface area contributed by atoms with Crippen LogP contribution in [0.3, 0.4) is 0 Å². The Kier molecular flexibility index (Phi) is 31.2. The summed E-state index contributed by atoms with van der Waals surface area (Å²) >= 11 is 0. The van der Waals surface area contributed by atoms with Gasteiger partial charge in [0.2, 0.25) is 5.88 Å². The lowest BCUT2D eigenvalue weighted by Crippen LogP contribution is -2.24. The summed E-state index contributed by atoms with van der Waals surface area (Å²) in [4.78, 5) is 44.8. The van der Waals surface area contributed by atoms with Crippen molar-refractivity contribution in [3.63, 3.8) is 0 Å². The normalized spacial score (nSPS) is 15.5. The molecular formula is C90H100N24O. The average molecular weight is 1530 g/mol. The van der Waals surface area contributed by atoms with Crippen molar-refractivity contribution >= 4 is 63.2 Å². The molecule has 10 aliphatic rings. The fourth-order valence-electron chi connectivity index (χ4n) is 13.6. The van der Waals surface area contributed by atoms with E-state index >= 15 is 0 Å². The van der Waals surface area contributed by atoms with Crippen LogP contribution >= 0.6 is 0 Å². The minimum atomic E-state index is 0.106. The molecular weight excluding hydrogens is 1430 g/mol. The van der Waals surface area contributed by atoms with E-state index in [1.165, 1.54) is 143 Å². The van der Waals surface area contributed by atoms with Gasteiger partial charge in [0.05, 0.1) is 40.2 Å². The molecule has 22 heterocycles. The third kappa shape index (κ3) is 25.2. The van der Waals surface area contributed by atoms with E-state index in [9.17, 15) is 0 Å². The molecule has 25 nitrogen and oxygen atoms in total. The maximum Gasteiger partial charge on any atom is 0.237 e. The van der Waals surface area contributed by atoms with Gasteiger partial charge in [-0.15, -0.1) is 10.2 Å². The highest BCUT2D eigenvalue weighted by Crippen LogP contribution is 2.24. The lowest BCUT2D eigenvalue weighted by Gasteiger charge is -2.16. The number of benzene rings is 2. The predicted octanol–water partition coefficient (Wildman–Crippen LogP) is 13.6. The lowest BCUT2D eigenvalue weighted by molar-refractivity contribution is 0.310. The molecule has 0 amide bonds. The second-order valence-corrected chi connectivity index (χ2v) is 27.5. The maximum absolute atomic E-state index is 5.25. The summed E-state index contributed by atoms with van der Waals surface area (Å²) in [5.41, 5.74) is 22.4. The molecule has 2 aromatic carbocycles. The van der Waals surface area contributed by atoms with Crippen LogP contribution in [0.2, 0.25) is 0 Å². The van der Waals surface area contributed by atoms with Crippen molar-refractivity contribution in [2.75, 3.05) is 73.7 Å². The van der Waals surface area contributed by atoms with E-state index in [0.717, 1.165) is 113 Å². The molecule has 0 bridgehead atoms. The summed E-state index contributed by atoms with van der Waals surface area (Å²) in [5, 5.41) is 35.7. The number of para-hydroxylation sites is 1. The molecule has 14 aromatic rings. The lowest BCUT2D eigenvalue weighted by atomic mass is 10.0. The molecule has 7 N–H and O–H groups in total. The van der Waals surface area contributed by atoms with Crippen molar-refractivity contribution in [1.29, 1.82) is 0 Å². The number of aliphatic imine (C=N–C) groups is 3. The highest BCUT2D eigenvalue weighted by atomic mass is 16.5. The molecule has 12 aromatic heterocycles. The Morgan fingerprint density at radius 3 is 1.86 bits per heavy atom. The molecule has 0 radical (unpaired) electrons. The van der Waals surface area contributed by atoms with Crippen LogP contribution in [0, 0.1) is 0 Å². The molecule has 0 spiro atoms. The Morgan fingerprint density at radius 1 is 0.426 bits per heavy atom. The number of ether oxygens (including phenoxy) is 1. The molecule has 0 saturated carbocycles. The van der Waals surface area contributed by atoms with Crippen LogP contribution < -0.4 is 42.0 Å². The van der Waals surface area contributed by atoms with Gasteiger partial charge in [0.1, 0.15) is 31.6 Å². The van der Waals surface area contributed by atoms with E-state index in [1.54, 1.807) is 35.8 Å². The SMILES string of the molecule is C1=CC2=NC=NC2C=N1.c1cc2c(cn1)CCCN2.c1cc2c(cn1)CNCC2.c1cc2c(cn1)NCCC2.c1cc2n(c1)CCC2.c1ccc2c(c1)CCNC2.c1ccc2ncccc2c1.c1ccn2cnnc2c1.c1ccn2ncnc2c1.c1cnc2c(c1)CNCC2.c1cnc2c(c1)NCCC2.c1cnc2c(c1)NCCO2. The zero-order valence-electron chi connectivity index (χ0n) is 64.9. The van der Waals surface area contributed by atoms with E-state index < -0.39 is 0 Å². The minimum Gasteiger partial charge on any atom is -0.474 e. The first-order chi connectivity index (χ1) is 57.1. The number of nitrogens with one attached hydrogen (secondary N) is 7. The molecule has 115 heavy (non-hydrogen) atoms. The predicted molar refractivity (Wildman–Crippen MR) is 460 cm³/mol. The van der Waals surface area contributed by atoms with Gasteiger partial charge in [0, 0.05) is 175 Å². The first kappa shape index (κ1) is 80.0. The molecule has 0 saturated heterocycles. The highest BCUT2D eigenvalue weighted by Gasteiger charge is 2.16. The van der Waals surface area contributed by atoms with Crippen molar-refractivity contribution in [3.8, 4) is 5.88 Å². The van der Waals surface area contributed by atoms with Gasteiger partial charge in [-0.25, -0.2) is 19.5 Å². The summed E-state index contributed by atoms with van der Waals surface area (Å²) in [6.45, 7) is 12.5. The topological polar surface area (TPSA) is 286 Å². The molecule has 10 aliphatic heterocycles. The van der Waals surface area contributed by atoms with Crippen molar-refractivity contribution in [3.05, 3.63) is 325 Å². The van der Waals surface area contributed by atoms with Gasteiger partial charge in [-0.3, -0.25) is 44.3 Å². The molecule has 24 rings (SSSR count). The van der Waals surface area contributed by atoms with Gasteiger partial charge >= 0.3 is 0 Å².